The lowest BCUT2D eigenvalue weighted by Crippen LogP contribution is -2.49. The van der Waals surface area contributed by atoms with Crippen molar-refractivity contribution < 1.29 is 14.0 Å². The molecular weight excluding hydrogens is 275 g/mol. The zero-order valence-electron chi connectivity index (χ0n) is 11.9. The van der Waals surface area contributed by atoms with E-state index in [4.69, 9.17) is 5.73 Å². The third-order valence-electron chi connectivity index (χ3n) is 3.47. The summed E-state index contributed by atoms with van der Waals surface area (Å²) < 4.78 is 13.0. The summed E-state index contributed by atoms with van der Waals surface area (Å²) in [4.78, 5) is 27.0. The molecule has 1 aromatic carbocycles. The van der Waals surface area contributed by atoms with Gasteiger partial charge in [0, 0.05) is 38.8 Å². The molecule has 1 heterocycles. The summed E-state index contributed by atoms with van der Waals surface area (Å²) in [6.07, 6.45) is 0.272. The second-order valence-electron chi connectivity index (χ2n) is 5.13. The first-order valence-corrected chi connectivity index (χ1v) is 6.77. The molecule has 2 amide bonds. The van der Waals surface area contributed by atoms with Crippen LogP contribution in [0.2, 0.25) is 0 Å². The largest absolute Gasteiger partial charge is 0.396 e. The Labute approximate surface area is 122 Å². The van der Waals surface area contributed by atoms with Crippen molar-refractivity contribution >= 4 is 23.2 Å². The second-order valence-corrected chi connectivity index (χ2v) is 5.13. The minimum Gasteiger partial charge on any atom is -0.396 e. The van der Waals surface area contributed by atoms with Crippen LogP contribution in [-0.2, 0) is 9.59 Å². The van der Waals surface area contributed by atoms with Gasteiger partial charge in [0.15, 0.2) is 0 Å². The third-order valence-corrected chi connectivity index (χ3v) is 3.47. The van der Waals surface area contributed by atoms with E-state index in [0.717, 1.165) is 6.54 Å². The van der Waals surface area contributed by atoms with Crippen molar-refractivity contribution in [3.05, 3.63) is 24.0 Å². The van der Waals surface area contributed by atoms with Crippen LogP contribution >= 0.6 is 0 Å². The van der Waals surface area contributed by atoms with Crippen LogP contribution in [0, 0.1) is 5.82 Å². The summed E-state index contributed by atoms with van der Waals surface area (Å²) in [7, 11) is 1.77. The number of rotatable bonds is 4. The average molecular weight is 294 g/mol. The summed E-state index contributed by atoms with van der Waals surface area (Å²) in [6.45, 7) is 2.29. The molecule has 114 valence electrons. The lowest BCUT2D eigenvalue weighted by molar-refractivity contribution is -0.134. The zero-order chi connectivity index (χ0) is 15.4. The number of nitrogens with zero attached hydrogens (tertiary/aromatic N) is 2. The molecule has 6 nitrogen and oxygen atoms in total. The third kappa shape index (κ3) is 4.16. The van der Waals surface area contributed by atoms with Crippen molar-refractivity contribution in [2.24, 2.45) is 0 Å². The number of anilines is 2. The van der Waals surface area contributed by atoms with Crippen LogP contribution in [0.4, 0.5) is 15.8 Å². The van der Waals surface area contributed by atoms with E-state index < -0.39 is 5.82 Å². The van der Waals surface area contributed by atoms with Crippen molar-refractivity contribution in [2.45, 2.75) is 6.42 Å². The number of carbonyl (C=O) groups excluding carboxylic acids is 2. The Kier molecular flexibility index (Phi) is 4.74. The Morgan fingerprint density at radius 2 is 2.19 bits per heavy atom. The van der Waals surface area contributed by atoms with E-state index >= 15 is 0 Å². The number of amides is 2. The molecule has 7 heteroatoms. The maximum absolute atomic E-state index is 13.0. The second kappa shape index (κ2) is 6.53. The van der Waals surface area contributed by atoms with Gasteiger partial charge in [0.2, 0.25) is 11.8 Å². The number of nitrogen functional groups attached to an aromatic ring is 1. The lowest BCUT2D eigenvalue weighted by atomic mass is 10.2. The van der Waals surface area contributed by atoms with Crippen LogP contribution in [-0.4, -0.2) is 54.8 Å². The highest BCUT2D eigenvalue weighted by Crippen LogP contribution is 2.16. The monoisotopic (exact) mass is 294 g/mol. The maximum atomic E-state index is 13.0. The SMILES string of the molecule is CN1CCN(CCC(=O)Nc2ccc(F)c(N)c2)CC1=O. The fourth-order valence-electron chi connectivity index (χ4n) is 2.10. The van der Waals surface area contributed by atoms with Gasteiger partial charge in [0.05, 0.1) is 12.2 Å². The molecule has 0 radical (unpaired) electrons. The van der Waals surface area contributed by atoms with Gasteiger partial charge in [-0.05, 0) is 18.2 Å². The van der Waals surface area contributed by atoms with Gasteiger partial charge < -0.3 is 16.0 Å². The number of nitrogens with one attached hydrogen (secondary N) is 1. The first-order chi connectivity index (χ1) is 9.95. The molecule has 0 bridgehead atoms. The average Bonchev–Trinajstić information content (AvgIpc) is 2.44. The van der Waals surface area contributed by atoms with E-state index in [1.807, 2.05) is 4.90 Å². The Hall–Kier alpha value is -2.15. The van der Waals surface area contributed by atoms with Crippen LogP contribution in [0.3, 0.4) is 0 Å². The molecule has 0 atom stereocenters. The lowest BCUT2D eigenvalue weighted by Gasteiger charge is -2.31. The molecule has 0 unspecified atom stereocenters. The van der Waals surface area contributed by atoms with Crippen molar-refractivity contribution in [1.82, 2.24) is 9.80 Å². The Morgan fingerprint density at radius 1 is 1.43 bits per heavy atom. The maximum Gasteiger partial charge on any atom is 0.236 e. The molecule has 1 fully saturated rings. The van der Waals surface area contributed by atoms with Gasteiger partial charge >= 0.3 is 0 Å². The highest BCUT2D eigenvalue weighted by molar-refractivity contribution is 5.91. The van der Waals surface area contributed by atoms with E-state index in [0.29, 0.717) is 25.3 Å². The Bertz CT molecular complexity index is 550. The summed E-state index contributed by atoms with van der Waals surface area (Å²) in [5, 5.41) is 2.66. The van der Waals surface area contributed by atoms with Crippen molar-refractivity contribution in [3.8, 4) is 0 Å². The van der Waals surface area contributed by atoms with E-state index in [1.165, 1.54) is 18.2 Å². The minimum absolute atomic E-state index is 0.00235. The number of carbonyl (C=O) groups is 2. The summed E-state index contributed by atoms with van der Waals surface area (Å²) in [6, 6.07) is 4.06. The Morgan fingerprint density at radius 3 is 2.86 bits per heavy atom. The molecule has 1 aromatic rings. The molecule has 0 aromatic heterocycles. The molecular formula is C14H19FN4O2. The van der Waals surface area contributed by atoms with E-state index in [2.05, 4.69) is 5.32 Å². The minimum atomic E-state index is -0.510. The number of hydrogen-bond donors (Lipinski definition) is 2. The smallest absolute Gasteiger partial charge is 0.236 e. The van der Waals surface area contributed by atoms with Crippen molar-refractivity contribution in [3.63, 3.8) is 0 Å². The predicted molar refractivity (Wildman–Crippen MR) is 78.1 cm³/mol. The quantitative estimate of drug-likeness (QED) is 0.793. The van der Waals surface area contributed by atoms with Gasteiger partial charge in [0.1, 0.15) is 5.82 Å². The van der Waals surface area contributed by atoms with Crippen LogP contribution in [0.1, 0.15) is 6.42 Å². The fraction of sp³-hybridized carbons (Fsp3) is 0.429. The summed E-state index contributed by atoms with van der Waals surface area (Å²) in [5.41, 5.74) is 5.90. The van der Waals surface area contributed by atoms with Crippen LogP contribution in [0.25, 0.3) is 0 Å². The van der Waals surface area contributed by atoms with Gasteiger partial charge in [-0.3, -0.25) is 14.5 Å². The summed E-state index contributed by atoms with van der Waals surface area (Å²) in [5.74, 6) is -0.635. The molecule has 21 heavy (non-hydrogen) atoms. The standard InChI is InChI=1S/C14H19FN4O2/c1-18-6-7-19(9-14(18)21)5-4-13(20)17-10-2-3-11(15)12(16)8-10/h2-3,8H,4-7,9,16H2,1H3,(H,17,20). The fourth-order valence-corrected chi connectivity index (χ4v) is 2.10. The molecule has 1 saturated heterocycles. The number of hydrogen-bond acceptors (Lipinski definition) is 4. The first-order valence-electron chi connectivity index (χ1n) is 6.77. The zero-order valence-corrected chi connectivity index (χ0v) is 11.9. The van der Waals surface area contributed by atoms with Crippen molar-refractivity contribution in [1.29, 1.82) is 0 Å². The van der Waals surface area contributed by atoms with Crippen LogP contribution in [0.15, 0.2) is 18.2 Å². The molecule has 1 aliphatic rings. The number of likely N-dealkylation sites (N-methyl/N-ethyl adjacent to an activating group) is 1. The molecule has 2 rings (SSSR count). The van der Waals surface area contributed by atoms with Gasteiger partial charge in [-0.1, -0.05) is 0 Å². The van der Waals surface area contributed by atoms with Gasteiger partial charge in [-0.15, -0.1) is 0 Å². The van der Waals surface area contributed by atoms with Gasteiger partial charge in [-0.2, -0.15) is 0 Å². The van der Waals surface area contributed by atoms with E-state index in [9.17, 15) is 14.0 Å². The first kappa shape index (κ1) is 15.2. The van der Waals surface area contributed by atoms with Crippen molar-refractivity contribution in [2.75, 3.05) is 44.3 Å². The number of halogens is 1. The normalized spacial score (nSPS) is 16.1. The number of nitrogens with two attached hydrogens (primary N) is 1. The predicted octanol–water partition coefficient (Wildman–Crippen LogP) is 0.510. The number of benzene rings is 1. The molecule has 1 aliphatic heterocycles. The van der Waals surface area contributed by atoms with E-state index in [-0.39, 0.29) is 23.9 Å². The molecule has 0 aliphatic carbocycles. The highest BCUT2D eigenvalue weighted by Gasteiger charge is 2.21. The topological polar surface area (TPSA) is 78.7 Å². The molecule has 0 saturated carbocycles. The molecule has 3 N–H and O–H groups in total. The highest BCUT2D eigenvalue weighted by atomic mass is 19.1. The van der Waals surface area contributed by atoms with Crippen LogP contribution in [0.5, 0.6) is 0 Å². The van der Waals surface area contributed by atoms with Gasteiger partial charge in [0.25, 0.3) is 0 Å². The van der Waals surface area contributed by atoms with E-state index in [1.54, 1.807) is 11.9 Å². The number of piperazine rings is 1. The van der Waals surface area contributed by atoms with Crippen LogP contribution < -0.4 is 11.1 Å². The molecule has 0 spiro atoms. The summed E-state index contributed by atoms with van der Waals surface area (Å²) >= 11 is 0. The Balaban J connectivity index is 1.79. The van der Waals surface area contributed by atoms with Gasteiger partial charge in [-0.25, -0.2) is 4.39 Å².